The van der Waals surface area contributed by atoms with E-state index >= 15 is 0 Å². The van der Waals surface area contributed by atoms with Crippen LogP contribution in [0, 0.1) is 0 Å². The summed E-state index contributed by atoms with van der Waals surface area (Å²) >= 11 is 0. The Balaban J connectivity index is 1.80. The molecule has 1 amide bonds. The fourth-order valence-electron chi connectivity index (χ4n) is 1.98. The van der Waals surface area contributed by atoms with Gasteiger partial charge in [-0.25, -0.2) is 4.68 Å². The van der Waals surface area contributed by atoms with E-state index in [-0.39, 0.29) is 5.91 Å². The first-order valence-electron chi connectivity index (χ1n) is 6.34. The van der Waals surface area contributed by atoms with Gasteiger partial charge in [0, 0.05) is 11.3 Å². The summed E-state index contributed by atoms with van der Waals surface area (Å²) in [6.07, 6.45) is 9.46. The SMILES string of the molecule is O=C(NC1=CCCC=C1)c1cccc(-n2cnnn2)c1. The van der Waals surface area contributed by atoms with Gasteiger partial charge in [-0.3, -0.25) is 4.79 Å². The summed E-state index contributed by atoms with van der Waals surface area (Å²) in [6, 6.07) is 7.15. The number of nitrogens with zero attached hydrogens (tertiary/aromatic N) is 4. The zero-order valence-corrected chi connectivity index (χ0v) is 10.7. The van der Waals surface area contributed by atoms with E-state index in [0.29, 0.717) is 5.56 Å². The van der Waals surface area contributed by atoms with E-state index in [1.165, 1.54) is 11.0 Å². The molecule has 1 aromatic heterocycles. The summed E-state index contributed by atoms with van der Waals surface area (Å²) in [4.78, 5) is 12.2. The number of benzene rings is 1. The van der Waals surface area contributed by atoms with Crippen molar-refractivity contribution >= 4 is 5.91 Å². The largest absolute Gasteiger partial charge is 0.322 e. The van der Waals surface area contributed by atoms with Gasteiger partial charge in [-0.2, -0.15) is 0 Å². The maximum absolute atomic E-state index is 12.2. The Labute approximate surface area is 115 Å². The van der Waals surface area contributed by atoms with Crippen LogP contribution in [0.3, 0.4) is 0 Å². The summed E-state index contributed by atoms with van der Waals surface area (Å²) in [5.41, 5.74) is 2.16. The zero-order chi connectivity index (χ0) is 13.8. The number of hydrogen-bond donors (Lipinski definition) is 1. The highest BCUT2D eigenvalue weighted by Crippen LogP contribution is 2.11. The first-order valence-corrected chi connectivity index (χ1v) is 6.34. The maximum atomic E-state index is 12.2. The first kappa shape index (κ1) is 12.3. The summed E-state index contributed by atoms with van der Waals surface area (Å²) in [5, 5.41) is 13.8. The Hall–Kier alpha value is -2.76. The summed E-state index contributed by atoms with van der Waals surface area (Å²) in [6.45, 7) is 0. The molecule has 2 aromatic rings. The van der Waals surface area contributed by atoms with Crippen molar-refractivity contribution < 1.29 is 4.79 Å². The average Bonchev–Trinajstić information content (AvgIpc) is 3.03. The molecule has 0 unspecified atom stereocenters. The lowest BCUT2D eigenvalue weighted by Gasteiger charge is -2.09. The van der Waals surface area contributed by atoms with Crippen LogP contribution in [-0.4, -0.2) is 26.1 Å². The van der Waals surface area contributed by atoms with Crippen LogP contribution in [0.25, 0.3) is 5.69 Å². The Kier molecular flexibility index (Phi) is 3.36. The Bertz CT molecular complexity index is 673. The summed E-state index contributed by atoms with van der Waals surface area (Å²) < 4.78 is 1.51. The maximum Gasteiger partial charge on any atom is 0.255 e. The topological polar surface area (TPSA) is 72.7 Å². The van der Waals surface area contributed by atoms with E-state index < -0.39 is 0 Å². The molecule has 6 heteroatoms. The molecular formula is C14H13N5O. The quantitative estimate of drug-likeness (QED) is 0.917. The number of carbonyl (C=O) groups excluding carboxylic acids is 1. The average molecular weight is 267 g/mol. The molecule has 0 saturated heterocycles. The van der Waals surface area contributed by atoms with Crippen molar-refractivity contribution in [1.29, 1.82) is 0 Å². The van der Waals surface area contributed by atoms with E-state index in [9.17, 15) is 4.79 Å². The highest BCUT2D eigenvalue weighted by atomic mass is 16.1. The molecule has 1 aliphatic rings. The minimum atomic E-state index is -0.141. The lowest BCUT2D eigenvalue weighted by Crippen LogP contribution is -2.22. The van der Waals surface area contributed by atoms with Crippen molar-refractivity contribution in [3.63, 3.8) is 0 Å². The van der Waals surface area contributed by atoms with Gasteiger partial charge in [0.05, 0.1) is 5.69 Å². The van der Waals surface area contributed by atoms with Gasteiger partial charge in [0.2, 0.25) is 0 Å². The molecule has 0 spiro atoms. The molecule has 6 nitrogen and oxygen atoms in total. The van der Waals surface area contributed by atoms with Crippen LogP contribution in [0.5, 0.6) is 0 Å². The number of carbonyl (C=O) groups is 1. The van der Waals surface area contributed by atoms with Crippen LogP contribution >= 0.6 is 0 Å². The van der Waals surface area contributed by atoms with Gasteiger partial charge in [-0.1, -0.05) is 18.2 Å². The third kappa shape index (κ3) is 2.64. The van der Waals surface area contributed by atoms with Crippen molar-refractivity contribution in [3.05, 3.63) is 60.1 Å². The predicted molar refractivity (Wildman–Crippen MR) is 73.1 cm³/mol. The minimum Gasteiger partial charge on any atom is -0.322 e. The van der Waals surface area contributed by atoms with Gasteiger partial charge >= 0.3 is 0 Å². The molecule has 0 saturated carbocycles. The van der Waals surface area contributed by atoms with Crippen molar-refractivity contribution in [3.8, 4) is 5.69 Å². The summed E-state index contributed by atoms with van der Waals surface area (Å²) in [5.74, 6) is -0.141. The van der Waals surface area contributed by atoms with E-state index in [1.807, 2.05) is 24.3 Å². The number of amides is 1. The number of nitrogens with one attached hydrogen (secondary N) is 1. The Morgan fingerprint density at radius 2 is 2.25 bits per heavy atom. The van der Waals surface area contributed by atoms with Crippen LogP contribution in [0.1, 0.15) is 23.2 Å². The highest BCUT2D eigenvalue weighted by molar-refractivity contribution is 5.96. The number of allylic oxidation sites excluding steroid dienone is 3. The van der Waals surface area contributed by atoms with E-state index in [0.717, 1.165) is 24.2 Å². The zero-order valence-electron chi connectivity index (χ0n) is 10.7. The second-order valence-electron chi connectivity index (χ2n) is 4.40. The number of hydrogen-bond acceptors (Lipinski definition) is 4. The second kappa shape index (κ2) is 5.48. The van der Waals surface area contributed by atoms with Crippen molar-refractivity contribution in [2.45, 2.75) is 12.8 Å². The molecule has 0 fully saturated rings. The molecular weight excluding hydrogens is 254 g/mol. The minimum absolute atomic E-state index is 0.141. The molecule has 20 heavy (non-hydrogen) atoms. The molecule has 0 radical (unpaired) electrons. The van der Waals surface area contributed by atoms with Gasteiger partial charge in [0.1, 0.15) is 6.33 Å². The Morgan fingerprint density at radius 1 is 1.30 bits per heavy atom. The normalized spacial score (nSPS) is 13.9. The van der Waals surface area contributed by atoms with Crippen LogP contribution in [0.2, 0.25) is 0 Å². The van der Waals surface area contributed by atoms with Crippen LogP contribution in [0.4, 0.5) is 0 Å². The molecule has 3 rings (SSSR count). The van der Waals surface area contributed by atoms with Gasteiger partial charge in [-0.15, -0.1) is 5.10 Å². The molecule has 0 atom stereocenters. The second-order valence-corrected chi connectivity index (χ2v) is 4.40. The molecule has 1 aromatic carbocycles. The molecule has 0 aliphatic heterocycles. The monoisotopic (exact) mass is 267 g/mol. The van der Waals surface area contributed by atoms with Gasteiger partial charge in [-0.05, 0) is 47.5 Å². The molecule has 100 valence electrons. The van der Waals surface area contributed by atoms with E-state index in [2.05, 4.69) is 20.8 Å². The van der Waals surface area contributed by atoms with Crippen LogP contribution in [-0.2, 0) is 0 Å². The summed E-state index contributed by atoms with van der Waals surface area (Å²) in [7, 11) is 0. The lowest BCUT2D eigenvalue weighted by molar-refractivity contribution is 0.0967. The van der Waals surface area contributed by atoms with Crippen LogP contribution in [0.15, 0.2) is 54.5 Å². The fourth-order valence-corrected chi connectivity index (χ4v) is 1.98. The van der Waals surface area contributed by atoms with Crippen molar-refractivity contribution in [1.82, 2.24) is 25.5 Å². The standard InChI is InChI=1S/C14H13N5O/c20-14(16-12-6-2-1-3-7-12)11-5-4-8-13(9-11)19-10-15-17-18-19/h2,4-10H,1,3H2,(H,16,20). The molecule has 0 bridgehead atoms. The van der Waals surface area contributed by atoms with E-state index in [4.69, 9.17) is 0 Å². The number of rotatable bonds is 3. The number of tetrazole rings is 1. The van der Waals surface area contributed by atoms with Gasteiger partial charge in [0.25, 0.3) is 5.91 Å². The first-order chi connectivity index (χ1) is 9.83. The molecule has 1 N–H and O–H groups in total. The smallest absolute Gasteiger partial charge is 0.255 e. The molecule has 1 aliphatic carbocycles. The lowest BCUT2D eigenvalue weighted by atomic mass is 10.1. The van der Waals surface area contributed by atoms with Gasteiger partial charge in [0.15, 0.2) is 0 Å². The highest BCUT2D eigenvalue weighted by Gasteiger charge is 2.09. The van der Waals surface area contributed by atoms with Gasteiger partial charge < -0.3 is 5.32 Å². The van der Waals surface area contributed by atoms with Crippen LogP contribution < -0.4 is 5.32 Å². The third-order valence-corrected chi connectivity index (χ3v) is 2.97. The third-order valence-electron chi connectivity index (χ3n) is 2.97. The predicted octanol–water partition coefficient (Wildman–Crippen LogP) is 1.63. The Morgan fingerprint density at radius 3 is 3.00 bits per heavy atom. The molecule has 1 heterocycles. The fraction of sp³-hybridized carbons (Fsp3) is 0.143. The van der Waals surface area contributed by atoms with Crippen molar-refractivity contribution in [2.24, 2.45) is 0 Å². The number of aromatic nitrogens is 4. The van der Waals surface area contributed by atoms with E-state index in [1.54, 1.807) is 18.2 Å². The van der Waals surface area contributed by atoms with Crippen molar-refractivity contribution in [2.75, 3.05) is 0 Å².